The molecule has 1 aliphatic rings. The van der Waals surface area contributed by atoms with Crippen LogP contribution in [-0.4, -0.2) is 36.6 Å². The second-order valence-corrected chi connectivity index (χ2v) is 6.81. The molecule has 2 amide bonds. The minimum atomic E-state index is -0.0642. The number of nitrogens with zero attached hydrogens (tertiary/aromatic N) is 1. The minimum Gasteiger partial charge on any atom is -0.336 e. The first-order valence-electron chi connectivity index (χ1n) is 8.93. The third kappa shape index (κ3) is 5.54. The zero-order chi connectivity index (χ0) is 16.7. The zero-order valence-corrected chi connectivity index (χ0v) is 14.7. The molecule has 0 saturated carbocycles. The van der Waals surface area contributed by atoms with Crippen molar-refractivity contribution in [1.29, 1.82) is 0 Å². The molecular weight excluding hydrogens is 286 g/mol. The van der Waals surface area contributed by atoms with Gasteiger partial charge in [0, 0.05) is 12.6 Å². The van der Waals surface area contributed by atoms with Gasteiger partial charge in [0.05, 0.1) is 6.04 Å². The summed E-state index contributed by atoms with van der Waals surface area (Å²) in [5.74, 6) is 0.810. The first kappa shape index (κ1) is 17.8. The van der Waals surface area contributed by atoms with E-state index in [0.717, 1.165) is 25.4 Å². The van der Waals surface area contributed by atoms with Gasteiger partial charge in [-0.05, 0) is 50.8 Å². The maximum atomic E-state index is 12.0. The molecule has 4 heteroatoms. The number of benzene rings is 1. The summed E-state index contributed by atoms with van der Waals surface area (Å²) in [7, 11) is 0. The first-order chi connectivity index (χ1) is 11.1. The predicted molar refractivity (Wildman–Crippen MR) is 95.4 cm³/mol. The van der Waals surface area contributed by atoms with E-state index in [9.17, 15) is 4.79 Å². The van der Waals surface area contributed by atoms with Crippen LogP contribution in [0.4, 0.5) is 4.79 Å². The van der Waals surface area contributed by atoms with Crippen molar-refractivity contribution in [3.63, 3.8) is 0 Å². The fraction of sp³-hybridized carbons (Fsp3) is 0.632. The van der Waals surface area contributed by atoms with Crippen LogP contribution in [0.3, 0.4) is 0 Å². The highest BCUT2D eigenvalue weighted by molar-refractivity contribution is 5.74. The van der Waals surface area contributed by atoms with Gasteiger partial charge < -0.3 is 10.6 Å². The molecule has 2 rings (SSSR count). The van der Waals surface area contributed by atoms with E-state index >= 15 is 0 Å². The molecule has 1 heterocycles. The van der Waals surface area contributed by atoms with Crippen LogP contribution < -0.4 is 10.6 Å². The molecule has 2 unspecified atom stereocenters. The van der Waals surface area contributed by atoms with Crippen molar-refractivity contribution in [2.75, 3.05) is 19.6 Å². The Balaban J connectivity index is 1.98. The van der Waals surface area contributed by atoms with E-state index in [0.29, 0.717) is 6.54 Å². The van der Waals surface area contributed by atoms with Crippen LogP contribution in [-0.2, 0) is 0 Å². The lowest BCUT2D eigenvalue weighted by molar-refractivity contribution is 0.136. The van der Waals surface area contributed by atoms with Gasteiger partial charge in [-0.3, -0.25) is 4.90 Å². The Kier molecular flexibility index (Phi) is 6.90. The molecule has 1 aromatic rings. The Morgan fingerprint density at radius 2 is 1.91 bits per heavy atom. The van der Waals surface area contributed by atoms with Crippen molar-refractivity contribution >= 4 is 6.03 Å². The molecule has 0 aliphatic carbocycles. The maximum Gasteiger partial charge on any atom is 0.315 e. The van der Waals surface area contributed by atoms with Gasteiger partial charge >= 0.3 is 6.03 Å². The summed E-state index contributed by atoms with van der Waals surface area (Å²) in [6, 6.07) is 10.9. The van der Waals surface area contributed by atoms with E-state index in [1.54, 1.807) is 0 Å². The normalized spacial score (nSPS) is 19.1. The number of hydrogen-bond acceptors (Lipinski definition) is 2. The molecule has 1 aliphatic heterocycles. The molecular formula is C19H31N3O. The molecule has 4 nitrogen and oxygen atoms in total. The summed E-state index contributed by atoms with van der Waals surface area (Å²) in [6.07, 6.45) is 3.42. The van der Waals surface area contributed by atoms with Gasteiger partial charge in [-0.15, -0.1) is 0 Å². The van der Waals surface area contributed by atoms with Crippen LogP contribution in [0.1, 0.15) is 51.6 Å². The van der Waals surface area contributed by atoms with E-state index in [-0.39, 0.29) is 18.1 Å². The number of carbonyl (C=O) groups excluding carboxylic acids is 1. The van der Waals surface area contributed by atoms with Crippen LogP contribution in [0.5, 0.6) is 0 Å². The fourth-order valence-electron chi connectivity index (χ4n) is 3.04. The summed E-state index contributed by atoms with van der Waals surface area (Å²) >= 11 is 0. The Bertz CT molecular complexity index is 469. The number of hydrogen-bond donors (Lipinski definition) is 2. The molecule has 0 bridgehead atoms. The highest BCUT2D eigenvalue weighted by Crippen LogP contribution is 2.26. The molecule has 23 heavy (non-hydrogen) atoms. The number of nitrogens with one attached hydrogen (secondary N) is 2. The second kappa shape index (κ2) is 8.92. The molecule has 1 saturated heterocycles. The van der Waals surface area contributed by atoms with Gasteiger partial charge in [-0.1, -0.05) is 44.2 Å². The number of urea groups is 1. The van der Waals surface area contributed by atoms with Crippen molar-refractivity contribution in [3.05, 3.63) is 35.9 Å². The van der Waals surface area contributed by atoms with Crippen molar-refractivity contribution in [1.82, 2.24) is 15.5 Å². The number of rotatable bonds is 6. The van der Waals surface area contributed by atoms with Gasteiger partial charge in [-0.2, -0.15) is 0 Å². The Hall–Kier alpha value is -1.55. The second-order valence-electron chi connectivity index (χ2n) is 6.81. The average molecular weight is 317 g/mol. The summed E-state index contributed by atoms with van der Waals surface area (Å²) in [4.78, 5) is 14.6. The van der Waals surface area contributed by atoms with Gasteiger partial charge in [0.25, 0.3) is 0 Å². The number of likely N-dealkylation sites (tertiary alicyclic amines) is 1. The van der Waals surface area contributed by atoms with Crippen molar-refractivity contribution in [3.8, 4) is 0 Å². The molecule has 0 spiro atoms. The van der Waals surface area contributed by atoms with E-state index < -0.39 is 0 Å². The van der Waals surface area contributed by atoms with E-state index in [1.807, 2.05) is 13.0 Å². The Morgan fingerprint density at radius 1 is 1.26 bits per heavy atom. The Labute approximate surface area is 140 Å². The third-order valence-electron chi connectivity index (χ3n) is 4.89. The zero-order valence-electron chi connectivity index (χ0n) is 14.7. The standard InChI is InChI=1S/C19H31N3O/c1-4-16(3)21-19(23)20-14-18(17-8-6-5-7-9-17)22-12-10-15(2)11-13-22/h5-9,15-16,18H,4,10-14H2,1-3H3,(H2,20,21,23). The molecule has 0 aromatic heterocycles. The topological polar surface area (TPSA) is 44.4 Å². The van der Waals surface area contributed by atoms with E-state index in [4.69, 9.17) is 0 Å². The molecule has 2 atom stereocenters. The predicted octanol–water partition coefficient (Wildman–Crippen LogP) is 3.56. The van der Waals surface area contributed by atoms with Crippen LogP contribution in [0.15, 0.2) is 30.3 Å². The molecule has 0 radical (unpaired) electrons. The number of amides is 2. The summed E-state index contributed by atoms with van der Waals surface area (Å²) in [5.41, 5.74) is 1.28. The van der Waals surface area contributed by atoms with Gasteiger partial charge in [-0.25, -0.2) is 4.79 Å². The largest absolute Gasteiger partial charge is 0.336 e. The summed E-state index contributed by atoms with van der Waals surface area (Å²) in [6.45, 7) is 9.30. The van der Waals surface area contributed by atoms with Crippen LogP contribution in [0.25, 0.3) is 0 Å². The van der Waals surface area contributed by atoms with E-state index in [1.165, 1.54) is 18.4 Å². The van der Waals surface area contributed by atoms with Crippen molar-refractivity contribution < 1.29 is 4.79 Å². The van der Waals surface area contributed by atoms with E-state index in [2.05, 4.69) is 53.6 Å². The highest BCUT2D eigenvalue weighted by Gasteiger charge is 2.25. The number of piperidine rings is 1. The minimum absolute atomic E-state index is 0.0642. The van der Waals surface area contributed by atoms with Crippen LogP contribution in [0.2, 0.25) is 0 Å². The summed E-state index contributed by atoms with van der Waals surface area (Å²) < 4.78 is 0. The molecule has 1 fully saturated rings. The van der Waals surface area contributed by atoms with Crippen LogP contribution in [0, 0.1) is 5.92 Å². The van der Waals surface area contributed by atoms with Crippen LogP contribution >= 0.6 is 0 Å². The lowest BCUT2D eigenvalue weighted by Crippen LogP contribution is -2.46. The lowest BCUT2D eigenvalue weighted by atomic mass is 9.95. The lowest BCUT2D eigenvalue weighted by Gasteiger charge is -2.37. The quantitative estimate of drug-likeness (QED) is 0.842. The molecule has 128 valence electrons. The maximum absolute atomic E-state index is 12.0. The molecule has 2 N–H and O–H groups in total. The molecule has 1 aromatic carbocycles. The van der Waals surface area contributed by atoms with Crippen molar-refractivity contribution in [2.45, 2.75) is 52.1 Å². The highest BCUT2D eigenvalue weighted by atomic mass is 16.2. The van der Waals surface area contributed by atoms with Gasteiger partial charge in [0.15, 0.2) is 0 Å². The Morgan fingerprint density at radius 3 is 2.52 bits per heavy atom. The first-order valence-corrected chi connectivity index (χ1v) is 8.93. The monoisotopic (exact) mass is 317 g/mol. The fourth-order valence-corrected chi connectivity index (χ4v) is 3.04. The van der Waals surface area contributed by atoms with Crippen molar-refractivity contribution in [2.24, 2.45) is 5.92 Å². The summed E-state index contributed by atoms with van der Waals surface area (Å²) in [5, 5.41) is 6.04. The average Bonchev–Trinajstić information content (AvgIpc) is 2.57. The van der Waals surface area contributed by atoms with Gasteiger partial charge in [0.2, 0.25) is 0 Å². The smallest absolute Gasteiger partial charge is 0.315 e. The number of carbonyl (C=O) groups is 1. The van der Waals surface area contributed by atoms with Gasteiger partial charge in [0.1, 0.15) is 0 Å². The third-order valence-corrected chi connectivity index (χ3v) is 4.89. The SMILES string of the molecule is CCC(C)NC(=O)NCC(c1ccccc1)N1CCC(C)CC1.